The molecule has 0 aliphatic rings. The van der Waals surface area contributed by atoms with Crippen molar-refractivity contribution in [3.8, 4) is 0 Å². The lowest BCUT2D eigenvalue weighted by Gasteiger charge is -2.09. The number of anilines is 1. The maximum atomic E-state index is 12.1. The van der Waals surface area contributed by atoms with E-state index >= 15 is 0 Å². The van der Waals surface area contributed by atoms with Crippen molar-refractivity contribution in [3.05, 3.63) is 64.7 Å². The molecule has 136 valence electrons. The van der Waals surface area contributed by atoms with Gasteiger partial charge < -0.3 is 16.0 Å². The first-order valence-electron chi connectivity index (χ1n) is 8.33. The van der Waals surface area contributed by atoms with Crippen molar-refractivity contribution in [1.29, 1.82) is 0 Å². The van der Waals surface area contributed by atoms with Gasteiger partial charge in [-0.2, -0.15) is 0 Å². The van der Waals surface area contributed by atoms with Crippen LogP contribution in [0.2, 0.25) is 0 Å². The van der Waals surface area contributed by atoms with Crippen molar-refractivity contribution in [2.75, 3.05) is 11.9 Å². The summed E-state index contributed by atoms with van der Waals surface area (Å²) in [7, 11) is 0. The van der Waals surface area contributed by atoms with Gasteiger partial charge in [0.25, 0.3) is 5.91 Å². The fourth-order valence-corrected chi connectivity index (χ4v) is 2.54. The van der Waals surface area contributed by atoms with Gasteiger partial charge in [-0.15, -0.1) is 0 Å². The minimum Gasteiger partial charge on any atom is -0.350 e. The fraction of sp³-hybridized carbons (Fsp3) is 0.250. The Kier molecular flexibility index (Phi) is 6.49. The van der Waals surface area contributed by atoms with Crippen LogP contribution in [0.5, 0.6) is 0 Å². The topological polar surface area (TPSA) is 87.3 Å². The zero-order valence-electron chi connectivity index (χ0n) is 15.2. The molecule has 2 aromatic carbocycles. The van der Waals surface area contributed by atoms with Crippen LogP contribution in [-0.2, 0) is 16.1 Å². The Morgan fingerprint density at radius 1 is 0.885 bits per heavy atom. The second-order valence-corrected chi connectivity index (χ2v) is 6.21. The Balaban J connectivity index is 1.79. The number of nitrogens with one attached hydrogen (secondary N) is 3. The molecular weight excluding hydrogens is 330 g/mol. The molecule has 0 saturated carbocycles. The number of carbonyl (C=O) groups is 3. The smallest absolute Gasteiger partial charge is 0.251 e. The summed E-state index contributed by atoms with van der Waals surface area (Å²) in [6.45, 7) is 5.55. The van der Waals surface area contributed by atoms with Crippen molar-refractivity contribution in [3.63, 3.8) is 0 Å². The van der Waals surface area contributed by atoms with Gasteiger partial charge in [0.1, 0.15) is 0 Å². The monoisotopic (exact) mass is 353 g/mol. The minimum absolute atomic E-state index is 0.0875. The number of amides is 3. The van der Waals surface area contributed by atoms with Crippen LogP contribution in [0.4, 0.5) is 5.69 Å². The van der Waals surface area contributed by atoms with Crippen molar-refractivity contribution >= 4 is 23.4 Å². The van der Waals surface area contributed by atoms with E-state index in [1.807, 2.05) is 32.0 Å². The lowest BCUT2D eigenvalue weighted by molar-refractivity contribution is -0.120. The molecule has 0 unspecified atom stereocenters. The van der Waals surface area contributed by atoms with E-state index in [4.69, 9.17) is 0 Å². The summed E-state index contributed by atoms with van der Waals surface area (Å²) in [5, 5.41) is 8.05. The number of carbonyl (C=O) groups excluding carboxylic acids is 3. The second-order valence-electron chi connectivity index (χ2n) is 6.21. The normalized spacial score (nSPS) is 10.1. The summed E-state index contributed by atoms with van der Waals surface area (Å²) in [5.74, 6) is -0.675. The molecule has 2 rings (SSSR count). The van der Waals surface area contributed by atoms with Gasteiger partial charge in [-0.05, 0) is 43.7 Å². The Bertz CT molecular complexity index is 793. The Hall–Kier alpha value is -3.15. The summed E-state index contributed by atoms with van der Waals surface area (Å²) in [6.07, 6.45) is 0. The van der Waals surface area contributed by atoms with Crippen LogP contribution in [0.25, 0.3) is 0 Å². The molecule has 0 aliphatic carbocycles. The maximum Gasteiger partial charge on any atom is 0.251 e. The average molecular weight is 353 g/mol. The zero-order valence-corrected chi connectivity index (χ0v) is 15.2. The maximum absolute atomic E-state index is 12.1. The van der Waals surface area contributed by atoms with Gasteiger partial charge in [-0.1, -0.05) is 29.3 Å². The molecule has 6 nitrogen and oxygen atoms in total. The molecule has 0 saturated heterocycles. The van der Waals surface area contributed by atoms with Gasteiger partial charge >= 0.3 is 0 Å². The van der Waals surface area contributed by atoms with E-state index in [0.29, 0.717) is 17.8 Å². The van der Waals surface area contributed by atoms with Gasteiger partial charge in [-0.25, -0.2) is 0 Å². The molecule has 6 heteroatoms. The van der Waals surface area contributed by atoms with Crippen LogP contribution < -0.4 is 16.0 Å². The van der Waals surface area contributed by atoms with E-state index in [1.165, 1.54) is 6.92 Å². The largest absolute Gasteiger partial charge is 0.350 e. The third-order valence-corrected chi connectivity index (χ3v) is 3.66. The highest BCUT2D eigenvalue weighted by molar-refractivity contribution is 5.96. The van der Waals surface area contributed by atoms with Gasteiger partial charge in [0.15, 0.2) is 0 Å². The molecule has 3 N–H and O–H groups in total. The van der Waals surface area contributed by atoms with Gasteiger partial charge in [-0.3, -0.25) is 14.4 Å². The molecule has 26 heavy (non-hydrogen) atoms. The highest BCUT2D eigenvalue weighted by atomic mass is 16.2. The molecule has 0 aliphatic heterocycles. The summed E-state index contributed by atoms with van der Waals surface area (Å²) in [6, 6.07) is 12.7. The molecule has 0 aromatic heterocycles. The van der Waals surface area contributed by atoms with Crippen LogP contribution in [0.3, 0.4) is 0 Å². The van der Waals surface area contributed by atoms with E-state index in [2.05, 4.69) is 16.0 Å². The zero-order chi connectivity index (χ0) is 19.1. The van der Waals surface area contributed by atoms with Crippen LogP contribution in [0, 0.1) is 13.8 Å². The van der Waals surface area contributed by atoms with Crippen LogP contribution in [0.1, 0.15) is 34.0 Å². The predicted molar refractivity (Wildman–Crippen MR) is 101 cm³/mol. The Labute approximate surface area is 153 Å². The number of aryl methyl sites for hydroxylation is 2. The molecule has 0 radical (unpaired) electrons. The first-order valence-corrected chi connectivity index (χ1v) is 8.33. The SMILES string of the molecule is CC(=O)Nc1ccc(CNC(=O)CNC(=O)c2cc(C)cc(C)c2)cc1. The predicted octanol–water partition coefficient (Wildman–Crippen LogP) is 2.31. The average Bonchev–Trinajstić information content (AvgIpc) is 2.57. The quantitative estimate of drug-likeness (QED) is 0.745. The highest BCUT2D eigenvalue weighted by Crippen LogP contribution is 2.10. The summed E-state index contributed by atoms with van der Waals surface area (Å²) in [5.41, 5.74) is 4.15. The summed E-state index contributed by atoms with van der Waals surface area (Å²) in [4.78, 5) is 35.0. The summed E-state index contributed by atoms with van der Waals surface area (Å²) >= 11 is 0. The highest BCUT2D eigenvalue weighted by Gasteiger charge is 2.09. The number of hydrogen-bond acceptors (Lipinski definition) is 3. The molecule has 0 atom stereocenters. The molecule has 0 heterocycles. The Morgan fingerprint density at radius 2 is 1.50 bits per heavy atom. The minimum atomic E-state index is -0.272. The van der Waals surface area contributed by atoms with Crippen molar-refractivity contribution in [2.24, 2.45) is 0 Å². The number of benzene rings is 2. The van der Waals surface area contributed by atoms with Crippen molar-refractivity contribution < 1.29 is 14.4 Å². The summed E-state index contributed by atoms with van der Waals surface area (Å²) < 4.78 is 0. The molecular formula is C20H23N3O3. The first kappa shape index (κ1) is 19.2. The van der Waals surface area contributed by atoms with Crippen LogP contribution >= 0.6 is 0 Å². The molecule has 0 bridgehead atoms. The molecule has 2 aromatic rings. The lowest BCUT2D eigenvalue weighted by Crippen LogP contribution is -2.36. The number of hydrogen-bond donors (Lipinski definition) is 3. The van der Waals surface area contributed by atoms with Crippen LogP contribution in [-0.4, -0.2) is 24.3 Å². The van der Waals surface area contributed by atoms with Crippen molar-refractivity contribution in [1.82, 2.24) is 10.6 Å². The standard InChI is InChI=1S/C20H23N3O3/c1-13-8-14(2)10-17(9-13)20(26)22-12-19(25)21-11-16-4-6-18(7-5-16)23-15(3)24/h4-10H,11-12H2,1-3H3,(H,21,25)(H,22,26)(H,23,24). The Morgan fingerprint density at radius 3 is 2.08 bits per heavy atom. The van der Waals surface area contributed by atoms with Gasteiger partial charge in [0.2, 0.25) is 11.8 Å². The van der Waals surface area contributed by atoms with Crippen molar-refractivity contribution in [2.45, 2.75) is 27.3 Å². The van der Waals surface area contributed by atoms with E-state index in [9.17, 15) is 14.4 Å². The number of rotatable bonds is 6. The molecule has 0 fully saturated rings. The third kappa shape index (κ3) is 6.05. The van der Waals surface area contributed by atoms with Gasteiger partial charge in [0.05, 0.1) is 6.54 Å². The van der Waals surface area contributed by atoms with E-state index < -0.39 is 0 Å². The first-order chi connectivity index (χ1) is 12.3. The van der Waals surface area contributed by atoms with E-state index in [1.54, 1.807) is 24.3 Å². The second kappa shape index (κ2) is 8.80. The van der Waals surface area contributed by atoms with E-state index in [-0.39, 0.29) is 24.3 Å². The van der Waals surface area contributed by atoms with Crippen LogP contribution in [0.15, 0.2) is 42.5 Å². The lowest BCUT2D eigenvalue weighted by atomic mass is 10.1. The molecule has 0 spiro atoms. The van der Waals surface area contributed by atoms with Gasteiger partial charge in [0, 0.05) is 24.7 Å². The molecule has 3 amide bonds. The third-order valence-electron chi connectivity index (χ3n) is 3.66. The fourth-order valence-electron chi connectivity index (χ4n) is 2.54. The van der Waals surface area contributed by atoms with E-state index in [0.717, 1.165) is 16.7 Å².